The highest BCUT2D eigenvalue weighted by molar-refractivity contribution is 6.30. The van der Waals surface area contributed by atoms with Gasteiger partial charge in [0.15, 0.2) is 0 Å². The lowest BCUT2D eigenvalue weighted by atomic mass is 9.66. The average molecular weight is 314 g/mol. The van der Waals surface area contributed by atoms with Crippen molar-refractivity contribution >= 4 is 23.5 Å². The first-order valence-corrected chi connectivity index (χ1v) is 8.15. The smallest absolute Gasteiger partial charge is 0.124 e. The van der Waals surface area contributed by atoms with Gasteiger partial charge in [-0.3, -0.25) is 4.99 Å². The van der Waals surface area contributed by atoms with Crippen LogP contribution < -0.4 is 0 Å². The number of rotatable bonds is 1. The zero-order valence-electron chi connectivity index (χ0n) is 12.2. The molecule has 2 aromatic carbocycles. The molecule has 112 valence electrons. The molecule has 1 aliphatic carbocycles. The van der Waals surface area contributed by atoms with E-state index in [1.54, 1.807) is 6.07 Å². The van der Waals surface area contributed by atoms with E-state index in [-0.39, 0.29) is 11.2 Å². The first kappa shape index (κ1) is 14.0. The third-order valence-electron chi connectivity index (χ3n) is 5.03. The average Bonchev–Trinajstić information content (AvgIpc) is 2.85. The molecular weight excluding hydrogens is 297 g/mol. The van der Waals surface area contributed by atoms with Gasteiger partial charge < -0.3 is 0 Å². The van der Waals surface area contributed by atoms with E-state index in [0.29, 0.717) is 10.9 Å². The fourth-order valence-corrected chi connectivity index (χ4v) is 4.27. The number of para-hydroxylation sites is 1. The topological polar surface area (TPSA) is 12.4 Å². The van der Waals surface area contributed by atoms with Crippen LogP contribution in [0.25, 0.3) is 0 Å². The van der Waals surface area contributed by atoms with Crippen LogP contribution in [0.5, 0.6) is 0 Å². The van der Waals surface area contributed by atoms with Crippen LogP contribution in [0.15, 0.2) is 47.5 Å². The van der Waals surface area contributed by atoms with Crippen molar-refractivity contribution in [2.45, 2.75) is 37.0 Å². The summed E-state index contributed by atoms with van der Waals surface area (Å²) in [5.41, 5.74) is 3.43. The molecule has 1 heterocycles. The SMILES string of the molecule is Fc1cc(Cl)cc(C2CCCC3(C=Nc4ccccc43)C2)c1. The second kappa shape index (κ2) is 5.20. The third kappa shape index (κ3) is 2.26. The summed E-state index contributed by atoms with van der Waals surface area (Å²) in [6.45, 7) is 0. The number of nitrogens with zero attached hydrogens (tertiary/aromatic N) is 1. The summed E-state index contributed by atoms with van der Waals surface area (Å²) < 4.78 is 13.7. The summed E-state index contributed by atoms with van der Waals surface area (Å²) >= 11 is 6.04. The Hall–Kier alpha value is -1.67. The van der Waals surface area contributed by atoms with Gasteiger partial charge in [0.05, 0.1) is 5.69 Å². The molecule has 1 spiro atoms. The van der Waals surface area contributed by atoms with Crippen LogP contribution >= 0.6 is 11.6 Å². The number of aliphatic imine (C=N–C) groups is 1. The van der Waals surface area contributed by atoms with Gasteiger partial charge in [0.25, 0.3) is 0 Å². The predicted molar refractivity (Wildman–Crippen MR) is 88.9 cm³/mol. The molecule has 0 radical (unpaired) electrons. The van der Waals surface area contributed by atoms with Gasteiger partial charge in [-0.2, -0.15) is 0 Å². The van der Waals surface area contributed by atoms with Gasteiger partial charge >= 0.3 is 0 Å². The molecule has 1 fully saturated rings. The molecule has 1 nitrogen and oxygen atoms in total. The highest BCUT2D eigenvalue weighted by atomic mass is 35.5. The van der Waals surface area contributed by atoms with Crippen molar-refractivity contribution in [1.82, 2.24) is 0 Å². The van der Waals surface area contributed by atoms with Crippen LogP contribution in [0.2, 0.25) is 5.02 Å². The van der Waals surface area contributed by atoms with Gasteiger partial charge in [-0.15, -0.1) is 0 Å². The lowest BCUT2D eigenvalue weighted by Crippen LogP contribution is -2.32. The molecule has 0 amide bonds. The molecule has 0 saturated heterocycles. The van der Waals surface area contributed by atoms with Gasteiger partial charge in [-0.25, -0.2) is 4.39 Å². The van der Waals surface area contributed by atoms with Crippen LogP contribution in [0.4, 0.5) is 10.1 Å². The number of benzene rings is 2. The maximum Gasteiger partial charge on any atom is 0.124 e. The molecule has 2 atom stereocenters. The van der Waals surface area contributed by atoms with E-state index in [0.717, 1.165) is 36.9 Å². The Morgan fingerprint density at radius 2 is 2.05 bits per heavy atom. The maximum atomic E-state index is 13.7. The van der Waals surface area contributed by atoms with Crippen molar-refractivity contribution in [2.75, 3.05) is 0 Å². The fraction of sp³-hybridized carbons (Fsp3) is 0.316. The summed E-state index contributed by atoms with van der Waals surface area (Å²) in [4.78, 5) is 4.61. The molecule has 2 aromatic rings. The van der Waals surface area contributed by atoms with E-state index in [1.165, 1.54) is 11.6 Å². The number of fused-ring (bicyclic) bond motifs is 2. The van der Waals surface area contributed by atoms with Crippen molar-refractivity contribution in [3.8, 4) is 0 Å². The van der Waals surface area contributed by atoms with E-state index in [1.807, 2.05) is 12.1 Å². The number of hydrogen-bond donors (Lipinski definition) is 0. The third-order valence-corrected chi connectivity index (χ3v) is 5.25. The molecule has 1 saturated carbocycles. The van der Waals surface area contributed by atoms with Gasteiger partial charge in [0.1, 0.15) is 5.82 Å². The van der Waals surface area contributed by atoms with Crippen LogP contribution in [-0.4, -0.2) is 6.21 Å². The Morgan fingerprint density at radius 1 is 1.18 bits per heavy atom. The van der Waals surface area contributed by atoms with Crippen molar-refractivity contribution in [1.29, 1.82) is 0 Å². The van der Waals surface area contributed by atoms with Gasteiger partial charge in [0.2, 0.25) is 0 Å². The second-order valence-corrected chi connectivity index (χ2v) is 6.86. The first-order chi connectivity index (χ1) is 10.7. The lowest BCUT2D eigenvalue weighted by molar-refractivity contribution is 0.349. The quantitative estimate of drug-likeness (QED) is 0.632. The molecule has 2 aliphatic rings. The van der Waals surface area contributed by atoms with Gasteiger partial charge in [0, 0.05) is 16.7 Å². The standard InChI is InChI=1S/C19H17ClFN/c20-15-8-14(9-16(21)10-15)13-4-3-7-19(11-13)12-22-18-6-2-1-5-17(18)19/h1-2,5-6,8-10,12-13H,3-4,7,11H2. The highest BCUT2D eigenvalue weighted by Crippen LogP contribution is 2.50. The van der Waals surface area contributed by atoms with Gasteiger partial charge in [-0.05, 0) is 60.6 Å². The Labute approximate surface area is 134 Å². The van der Waals surface area contributed by atoms with Gasteiger partial charge in [-0.1, -0.05) is 36.2 Å². The van der Waals surface area contributed by atoms with Crippen LogP contribution in [0, 0.1) is 5.82 Å². The Kier molecular flexibility index (Phi) is 3.30. The molecule has 4 rings (SSSR count). The molecule has 22 heavy (non-hydrogen) atoms. The zero-order valence-corrected chi connectivity index (χ0v) is 13.0. The summed E-state index contributed by atoms with van der Waals surface area (Å²) in [5, 5.41) is 0.482. The van der Waals surface area contributed by atoms with Crippen LogP contribution in [-0.2, 0) is 5.41 Å². The molecule has 3 heteroatoms. The molecule has 0 aromatic heterocycles. The largest absolute Gasteiger partial charge is 0.260 e. The molecule has 0 N–H and O–H groups in total. The summed E-state index contributed by atoms with van der Waals surface area (Å²) in [6, 6.07) is 13.3. The number of hydrogen-bond acceptors (Lipinski definition) is 1. The van der Waals surface area contributed by atoms with Crippen LogP contribution in [0.3, 0.4) is 0 Å². The molecule has 1 aliphatic heterocycles. The first-order valence-electron chi connectivity index (χ1n) is 7.77. The lowest BCUT2D eigenvalue weighted by Gasteiger charge is -2.37. The predicted octanol–water partition coefficient (Wildman–Crippen LogP) is 5.79. The minimum absolute atomic E-state index is 0.0122. The summed E-state index contributed by atoms with van der Waals surface area (Å²) in [7, 11) is 0. The highest BCUT2D eigenvalue weighted by Gasteiger charge is 2.41. The monoisotopic (exact) mass is 313 g/mol. The molecule has 0 bridgehead atoms. The van der Waals surface area contributed by atoms with E-state index in [4.69, 9.17) is 11.6 Å². The Morgan fingerprint density at radius 3 is 2.91 bits per heavy atom. The zero-order chi connectivity index (χ0) is 15.2. The van der Waals surface area contributed by atoms with Crippen molar-refractivity contribution in [3.63, 3.8) is 0 Å². The summed E-state index contributed by atoms with van der Waals surface area (Å²) in [5.74, 6) is 0.0853. The minimum Gasteiger partial charge on any atom is -0.260 e. The van der Waals surface area contributed by atoms with Crippen molar-refractivity contribution in [3.05, 3.63) is 64.4 Å². The van der Waals surface area contributed by atoms with Crippen molar-refractivity contribution < 1.29 is 4.39 Å². The maximum absolute atomic E-state index is 13.7. The Bertz CT molecular complexity index is 735. The Balaban J connectivity index is 1.70. The normalized spacial score (nSPS) is 26.4. The van der Waals surface area contributed by atoms with Crippen LogP contribution in [0.1, 0.15) is 42.7 Å². The minimum atomic E-state index is -0.248. The molecule has 2 unspecified atom stereocenters. The second-order valence-electron chi connectivity index (χ2n) is 6.43. The van der Waals surface area contributed by atoms with E-state index in [2.05, 4.69) is 29.4 Å². The number of halogens is 2. The van der Waals surface area contributed by atoms with E-state index < -0.39 is 0 Å². The fourth-order valence-electron chi connectivity index (χ4n) is 4.03. The summed E-state index contributed by atoms with van der Waals surface area (Å²) in [6.07, 6.45) is 6.42. The van der Waals surface area contributed by atoms with Crippen molar-refractivity contribution in [2.24, 2.45) is 4.99 Å². The molecular formula is C19H17ClFN. The van der Waals surface area contributed by atoms with E-state index in [9.17, 15) is 4.39 Å². The van der Waals surface area contributed by atoms with E-state index >= 15 is 0 Å².